The zero-order chi connectivity index (χ0) is 14.2. The molecule has 2 aromatic rings. The first-order valence-corrected chi connectivity index (χ1v) is 5.97. The van der Waals surface area contributed by atoms with Gasteiger partial charge in [0.15, 0.2) is 0 Å². The van der Waals surface area contributed by atoms with Crippen LogP contribution < -0.4 is 5.73 Å². The molecule has 6 heteroatoms. The fourth-order valence-electron chi connectivity index (χ4n) is 1.74. The van der Waals surface area contributed by atoms with Gasteiger partial charge in [0.1, 0.15) is 0 Å². The fraction of sp³-hybridized carbons (Fsp3) is 0.0769. The van der Waals surface area contributed by atoms with E-state index in [1.807, 2.05) is 0 Å². The maximum absolute atomic E-state index is 13.0. The Hall–Kier alpha value is -1.39. The van der Waals surface area contributed by atoms with E-state index in [0.29, 0.717) is 0 Å². The summed E-state index contributed by atoms with van der Waals surface area (Å²) in [5.74, 6) is 0. The van der Waals surface area contributed by atoms with Crippen LogP contribution in [0.1, 0.15) is 5.56 Å². The second kappa shape index (κ2) is 4.94. The number of nitrogens with two attached hydrogens (primary N) is 1. The Morgan fingerprint density at radius 2 is 1.63 bits per heavy atom. The van der Waals surface area contributed by atoms with Crippen LogP contribution in [0.25, 0.3) is 11.1 Å². The van der Waals surface area contributed by atoms with Crippen molar-refractivity contribution in [2.24, 2.45) is 0 Å². The minimum absolute atomic E-state index is 0.0697. The molecule has 2 N–H and O–H groups in total. The first kappa shape index (κ1) is 14.0. The summed E-state index contributed by atoms with van der Waals surface area (Å²) in [5, 5.41) is 0.259. The molecule has 0 heterocycles. The molecular formula is C13H8Cl2F3N. The highest BCUT2D eigenvalue weighted by Crippen LogP contribution is 2.41. The van der Waals surface area contributed by atoms with Gasteiger partial charge in [0.05, 0.1) is 15.6 Å². The van der Waals surface area contributed by atoms with Gasteiger partial charge >= 0.3 is 6.18 Å². The van der Waals surface area contributed by atoms with Crippen molar-refractivity contribution in [3.05, 3.63) is 52.0 Å². The molecule has 2 rings (SSSR count). The van der Waals surface area contributed by atoms with Crippen molar-refractivity contribution >= 4 is 28.9 Å². The van der Waals surface area contributed by atoms with Crippen molar-refractivity contribution in [1.82, 2.24) is 0 Å². The van der Waals surface area contributed by atoms with Crippen LogP contribution in [0.15, 0.2) is 36.4 Å². The lowest BCUT2D eigenvalue weighted by atomic mass is 9.98. The van der Waals surface area contributed by atoms with Gasteiger partial charge in [-0.25, -0.2) is 0 Å². The summed E-state index contributed by atoms with van der Waals surface area (Å²) in [6.45, 7) is 0. The predicted octanol–water partition coefficient (Wildman–Crippen LogP) is 5.26. The molecule has 0 spiro atoms. The van der Waals surface area contributed by atoms with E-state index in [1.54, 1.807) is 0 Å². The van der Waals surface area contributed by atoms with E-state index in [0.717, 1.165) is 6.07 Å². The van der Waals surface area contributed by atoms with E-state index in [-0.39, 0.29) is 26.9 Å². The third kappa shape index (κ3) is 2.80. The molecule has 0 bridgehead atoms. The quantitative estimate of drug-likeness (QED) is 0.714. The topological polar surface area (TPSA) is 26.0 Å². The van der Waals surface area contributed by atoms with Gasteiger partial charge in [0, 0.05) is 11.3 Å². The molecule has 0 fully saturated rings. The predicted molar refractivity (Wildman–Crippen MR) is 71.3 cm³/mol. The molecule has 0 atom stereocenters. The molecule has 2 aromatic carbocycles. The second-order valence-electron chi connectivity index (χ2n) is 3.90. The Bertz CT molecular complexity index is 624. The molecular weight excluding hydrogens is 298 g/mol. The van der Waals surface area contributed by atoms with Crippen LogP contribution in [0.4, 0.5) is 18.9 Å². The lowest BCUT2D eigenvalue weighted by molar-refractivity contribution is -0.137. The standard InChI is InChI=1S/C13H8Cl2F3N/c14-11-3-1-2-8(12(11)15)9-6-7(19)4-5-10(9)13(16,17)18/h1-6H,19H2. The lowest BCUT2D eigenvalue weighted by Crippen LogP contribution is -2.07. The lowest BCUT2D eigenvalue weighted by Gasteiger charge is -2.15. The van der Waals surface area contributed by atoms with E-state index in [4.69, 9.17) is 28.9 Å². The molecule has 0 aromatic heterocycles. The smallest absolute Gasteiger partial charge is 0.399 e. The Labute approximate surface area is 117 Å². The van der Waals surface area contributed by atoms with Crippen LogP contribution in [-0.4, -0.2) is 0 Å². The van der Waals surface area contributed by atoms with Gasteiger partial charge < -0.3 is 5.73 Å². The molecule has 0 amide bonds. The van der Waals surface area contributed by atoms with Gasteiger partial charge in [-0.3, -0.25) is 0 Å². The maximum atomic E-state index is 13.0. The number of anilines is 1. The highest BCUT2D eigenvalue weighted by molar-refractivity contribution is 6.43. The first-order valence-electron chi connectivity index (χ1n) is 5.22. The zero-order valence-corrected chi connectivity index (χ0v) is 10.9. The normalized spacial score (nSPS) is 11.6. The zero-order valence-electron chi connectivity index (χ0n) is 9.43. The first-order chi connectivity index (χ1) is 8.80. The number of halogens is 5. The molecule has 0 aliphatic heterocycles. The van der Waals surface area contributed by atoms with E-state index in [9.17, 15) is 13.2 Å². The maximum Gasteiger partial charge on any atom is 0.417 e. The molecule has 0 saturated heterocycles. The molecule has 0 unspecified atom stereocenters. The molecule has 1 nitrogen and oxygen atoms in total. The van der Waals surface area contributed by atoms with Crippen LogP contribution in [-0.2, 0) is 6.18 Å². The van der Waals surface area contributed by atoms with Crippen LogP contribution in [0.3, 0.4) is 0 Å². The Balaban J connectivity index is 2.74. The molecule has 100 valence electrons. The monoisotopic (exact) mass is 305 g/mol. The van der Waals surface area contributed by atoms with Gasteiger partial charge in [-0.2, -0.15) is 13.2 Å². The SMILES string of the molecule is Nc1ccc(C(F)(F)F)c(-c2cccc(Cl)c2Cl)c1. The molecule has 0 radical (unpaired) electrons. The van der Waals surface area contributed by atoms with Crippen LogP contribution in [0.5, 0.6) is 0 Å². The summed E-state index contributed by atoms with van der Waals surface area (Å²) in [7, 11) is 0. The average molecular weight is 306 g/mol. The third-order valence-electron chi connectivity index (χ3n) is 2.59. The van der Waals surface area contributed by atoms with Crippen LogP contribution in [0.2, 0.25) is 10.0 Å². The van der Waals surface area contributed by atoms with Gasteiger partial charge in [-0.15, -0.1) is 0 Å². The number of alkyl halides is 3. The fourth-order valence-corrected chi connectivity index (χ4v) is 2.15. The van der Waals surface area contributed by atoms with Crippen LogP contribution in [0, 0.1) is 0 Å². The Morgan fingerprint density at radius 3 is 2.26 bits per heavy atom. The Kier molecular flexibility index (Phi) is 3.65. The third-order valence-corrected chi connectivity index (χ3v) is 3.41. The highest BCUT2D eigenvalue weighted by Gasteiger charge is 2.34. The molecule has 19 heavy (non-hydrogen) atoms. The van der Waals surface area contributed by atoms with Crippen molar-refractivity contribution in [3.8, 4) is 11.1 Å². The number of rotatable bonds is 1. The minimum Gasteiger partial charge on any atom is -0.399 e. The summed E-state index contributed by atoms with van der Waals surface area (Å²) in [5.41, 5.74) is 5.09. The van der Waals surface area contributed by atoms with Crippen molar-refractivity contribution < 1.29 is 13.2 Å². The minimum atomic E-state index is -4.49. The number of hydrogen-bond donors (Lipinski definition) is 1. The van der Waals surface area contributed by atoms with E-state index in [2.05, 4.69) is 0 Å². The largest absolute Gasteiger partial charge is 0.417 e. The van der Waals surface area contributed by atoms with Crippen molar-refractivity contribution in [1.29, 1.82) is 0 Å². The summed E-state index contributed by atoms with van der Waals surface area (Å²) in [6.07, 6.45) is -4.49. The average Bonchev–Trinajstić information content (AvgIpc) is 2.31. The van der Waals surface area contributed by atoms with Crippen molar-refractivity contribution in [3.63, 3.8) is 0 Å². The number of hydrogen-bond acceptors (Lipinski definition) is 1. The van der Waals surface area contributed by atoms with Crippen LogP contribution >= 0.6 is 23.2 Å². The highest BCUT2D eigenvalue weighted by atomic mass is 35.5. The summed E-state index contributed by atoms with van der Waals surface area (Å²) in [4.78, 5) is 0. The number of nitrogen functional groups attached to an aromatic ring is 1. The summed E-state index contributed by atoms with van der Waals surface area (Å²) >= 11 is 11.8. The number of benzene rings is 2. The second-order valence-corrected chi connectivity index (χ2v) is 4.69. The van der Waals surface area contributed by atoms with Gasteiger partial charge in [0.25, 0.3) is 0 Å². The summed E-state index contributed by atoms with van der Waals surface area (Å²) < 4.78 is 38.9. The van der Waals surface area contributed by atoms with E-state index < -0.39 is 11.7 Å². The molecule has 0 aliphatic rings. The van der Waals surface area contributed by atoms with E-state index >= 15 is 0 Å². The summed E-state index contributed by atoms with van der Waals surface area (Å²) in [6, 6.07) is 7.88. The van der Waals surface area contributed by atoms with Gasteiger partial charge in [-0.05, 0) is 29.8 Å². The van der Waals surface area contributed by atoms with Gasteiger partial charge in [0.2, 0.25) is 0 Å². The molecule has 0 saturated carbocycles. The van der Waals surface area contributed by atoms with E-state index in [1.165, 1.54) is 30.3 Å². The Morgan fingerprint density at radius 1 is 0.947 bits per heavy atom. The van der Waals surface area contributed by atoms with Gasteiger partial charge in [-0.1, -0.05) is 35.3 Å². The molecule has 0 aliphatic carbocycles. The van der Waals surface area contributed by atoms with Crippen molar-refractivity contribution in [2.45, 2.75) is 6.18 Å². The van der Waals surface area contributed by atoms with Crippen molar-refractivity contribution in [2.75, 3.05) is 5.73 Å².